The van der Waals surface area contributed by atoms with Gasteiger partial charge in [-0.3, -0.25) is 0 Å². The fraction of sp³-hybridized carbons (Fsp3) is 0.467. The van der Waals surface area contributed by atoms with Crippen LogP contribution in [0.25, 0.3) is 0 Å². The summed E-state index contributed by atoms with van der Waals surface area (Å²) in [6.45, 7) is 3.50. The number of anilines is 1. The van der Waals surface area contributed by atoms with Gasteiger partial charge in [0.1, 0.15) is 0 Å². The molecule has 17 heavy (non-hydrogen) atoms. The standard InChI is InChI=1S/C15H20N2/c1-3-13-5-4-6-15(11-13)16-12-14-7-9-17(2)10-8-14/h1,4-6,11,14,16H,7-10,12H2,2H3. The molecular weight excluding hydrogens is 208 g/mol. The number of piperidine rings is 1. The van der Waals surface area contributed by atoms with Crippen molar-refractivity contribution in [2.24, 2.45) is 5.92 Å². The first-order valence-corrected chi connectivity index (χ1v) is 6.27. The molecule has 1 aliphatic heterocycles. The summed E-state index contributed by atoms with van der Waals surface area (Å²) < 4.78 is 0. The minimum Gasteiger partial charge on any atom is -0.385 e. The van der Waals surface area contributed by atoms with Gasteiger partial charge in [-0.25, -0.2) is 0 Å². The van der Waals surface area contributed by atoms with Gasteiger partial charge in [-0.2, -0.15) is 0 Å². The molecule has 2 heteroatoms. The highest BCUT2D eigenvalue weighted by Crippen LogP contribution is 2.17. The lowest BCUT2D eigenvalue weighted by Crippen LogP contribution is -2.32. The van der Waals surface area contributed by atoms with Crippen molar-refractivity contribution in [1.29, 1.82) is 0 Å². The second-order valence-corrected chi connectivity index (χ2v) is 4.85. The lowest BCUT2D eigenvalue weighted by atomic mass is 9.97. The molecule has 0 bridgehead atoms. The van der Waals surface area contributed by atoms with Crippen molar-refractivity contribution in [3.05, 3.63) is 29.8 Å². The van der Waals surface area contributed by atoms with Gasteiger partial charge in [-0.1, -0.05) is 12.0 Å². The van der Waals surface area contributed by atoms with Crippen LogP contribution in [0.5, 0.6) is 0 Å². The molecule has 0 unspecified atom stereocenters. The summed E-state index contributed by atoms with van der Waals surface area (Å²) in [5, 5.41) is 3.49. The molecule has 1 aromatic carbocycles. The number of hydrogen-bond acceptors (Lipinski definition) is 2. The molecule has 0 atom stereocenters. The summed E-state index contributed by atoms with van der Waals surface area (Å²) in [4.78, 5) is 2.40. The number of benzene rings is 1. The Hall–Kier alpha value is -1.46. The summed E-state index contributed by atoms with van der Waals surface area (Å²) in [7, 11) is 2.19. The van der Waals surface area contributed by atoms with Gasteiger partial charge in [0.05, 0.1) is 0 Å². The van der Waals surface area contributed by atoms with Crippen molar-refractivity contribution in [3.8, 4) is 12.3 Å². The molecule has 1 aliphatic rings. The Balaban J connectivity index is 1.83. The molecule has 2 rings (SSSR count). The van der Waals surface area contributed by atoms with Crippen molar-refractivity contribution in [2.45, 2.75) is 12.8 Å². The topological polar surface area (TPSA) is 15.3 Å². The fourth-order valence-corrected chi connectivity index (χ4v) is 2.25. The average Bonchev–Trinajstić information content (AvgIpc) is 2.38. The highest BCUT2D eigenvalue weighted by Gasteiger charge is 2.15. The second kappa shape index (κ2) is 5.75. The number of nitrogens with zero attached hydrogens (tertiary/aromatic N) is 1. The number of rotatable bonds is 3. The molecule has 1 fully saturated rings. The molecule has 0 spiro atoms. The Labute approximate surface area is 104 Å². The van der Waals surface area contributed by atoms with Crippen LogP contribution in [0, 0.1) is 18.3 Å². The maximum absolute atomic E-state index is 5.39. The van der Waals surface area contributed by atoms with Crippen LogP contribution in [0.15, 0.2) is 24.3 Å². The average molecular weight is 228 g/mol. The number of hydrogen-bond donors (Lipinski definition) is 1. The van der Waals surface area contributed by atoms with Gasteiger partial charge >= 0.3 is 0 Å². The SMILES string of the molecule is C#Cc1cccc(NCC2CCN(C)CC2)c1. The van der Waals surface area contributed by atoms with E-state index >= 15 is 0 Å². The van der Waals surface area contributed by atoms with Crippen LogP contribution in [-0.4, -0.2) is 31.6 Å². The largest absolute Gasteiger partial charge is 0.385 e. The molecule has 1 saturated heterocycles. The maximum Gasteiger partial charge on any atom is 0.0352 e. The van der Waals surface area contributed by atoms with Gasteiger partial charge in [0, 0.05) is 17.8 Å². The minimum absolute atomic E-state index is 0.792. The zero-order valence-corrected chi connectivity index (χ0v) is 10.4. The van der Waals surface area contributed by atoms with Crippen molar-refractivity contribution >= 4 is 5.69 Å². The predicted molar refractivity (Wildman–Crippen MR) is 73.1 cm³/mol. The first kappa shape index (κ1) is 12.0. The van der Waals surface area contributed by atoms with Gasteiger partial charge in [0.25, 0.3) is 0 Å². The molecule has 0 radical (unpaired) electrons. The molecule has 2 nitrogen and oxygen atoms in total. The zero-order chi connectivity index (χ0) is 12.1. The van der Waals surface area contributed by atoms with Crippen LogP contribution in [0.3, 0.4) is 0 Å². The molecule has 0 aliphatic carbocycles. The Bertz CT molecular complexity index is 398. The van der Waals surface area contributed by atoms with Crippen LogP contribution in [0.2, 0.25) is 0 Å². The monoisotopic (exact) mass is 228 g/mol. The Kier molecular flexibility index (Phi) is 4.06. The van der Waals surface area contributed by atoms with E-state index in [1.165, 1.54) is 25.9 Å². The first-order valence-electron chi connectivity index (χ1n) is 6.27. The third kappa shape index (κ3) is 3.51. The van der Waals surface area contributed by atoms with E-state index in [4.69, 9.17) is 6.42 Å². The third-order valence-electron chi connectivity index (χ3n) is 3.46. The molecule has 0 amide bonds. The van der Waals surface area contributed by atoms with Crippen LogP contribution in [-0.2, 0) is 0 Å². The summed E-state index contributed by atoms with van der Waals surface area (Å²) in [5.41, 5.74) is 2.08. The number of nitrogens with one attached hydrogen (secondary N) is 1. The van der Waals surface area contributed by atoms with E-state index in [2.05, 4.69) is 29.3 Å². The van der Waals surface area contributed by atoms with Crippen molar-refractivity contribution in [2.75, 3.05) is 32.0 Å². The summed E-state index contributed by atoms with van der Waals surface area (Å²) in [5.74, 6) is 3.46. The van der Waals surface area contributed by atoms with Crippen LogP contribution in [0.4, 0.5) is 5.69 Å². The smallest absolute Gasteiger partial charge is 0.0352 e. The highest BCUT2D eigenvalue weighted by atomic mass is 15.1. The van der Waals surface area contributed by atoms with Crippen molar-refractivity contribution < 1.29 is 0 Å². The molecular formula is C15H20N2. The normalized spacial score (nSPS) is 17.6. The number of terminal acetylenes is 1. The van der Waals surface area contributed by atoms with E-state index in [-0.39, 0.29) is 0 Å². The molecule has 1 N–H and O–H groups in total. The van der Waals surface area contributed by atoms with Crippen LogP contribution >= 0.6 is 0 Å². The van der Waals surface area contributed by atoms with Gasteiger partial charge in [0.15, 0.2) is 0 Å². The molecule has 90 valence electrons. The summed E-state index contributed by atoms with van der Waals surface area (Å²) in [6.07, 6.45) is 7.97. The van der Waals surface area contributed by atoms with Crippen molar-refractivity contribution in [1.82, 2.24) is 4.90 Å². The van der Waals surface area contributed by atoms with Crippen LogP contribution in [0.1, 0.15) is 18.4 Å². The quantitative estimate of drug-likeness (QED) is 0.799. The summed E-state index contributed by atoms with van der Waals surface area (Å²) in [6, 6.07) is 8.08. The predicted octanol–water partition coefficient (Wildman–Crippen LogP) is 2.42. The van der Waals surface area contributed by atoms with Crippen LogP contribution < -0.4 is 5.32 Å². The van der Waals surface area contributed by atoms with Gasteiger partial charge < -0.3 is 10.2 Å². The Morgan fingerprint density at radius 3 is 2.88 bits per heavy atom. The van der Waals surface area contributed by atoms with E-state index in [1.54, 1.807) is 0 Å². The van der Waals surface area contributed by atoms with E-state index in [1.807, 2.05) is 18.2 Å². The first-order chi connectivity index (χ1) is 8.28. The second-order valence-electron chi connectivity index (χ2n) is 4.85. The van der Waals surface area contributed by atoms with Gasteiger partial charge in [-0.05, 0) is 57.1 Å². The third-order valence-corrected chi connectivity index (χ3v) is 3.46. The van der Waals surface area contributed by atoms with Gasteiger partial charge in [-0.15, -0.1) is 6.42 Å². The Morgan fingerprint density at radius 1 is 1.41 bits per heavy atom. The van der Waals surface area contributed by atoms with E-state index in [0.717, 1.165) is 23.7 Å². The molecule has 0 saturated carbocycles. The molecule has 1 aromatic rings. The molecule has 0 aromatic heterocycles. The number of likely N-dealkylation sites (tertiary alicyclic amines) is 1. The maximum atomic E-state index is 5.39. The highest BCUT2D eigenvalue weighted by molar-refractivity contribution is 5.49. The lowest BCUT2D eigenvalue weighted by Gasteiger charge is -2.29. The van der Waals surface area contributed by atoms with Crippen molar-refractivity contribution in [3.63, 3.8) is 0 Å². The minimum atomic E-state index is 0.792. The van der Waals surface area contributed by atoms with E-state index in [0.29, 0.717) is 0 Å². The van der Waals surface area contributed by atoms with E-state index < -0.39 is 0 Å². The van der Waals surface area contributed by atoms with E-state index in [9.17, 15) is 0 Å². The lowest BCUT2D eigenvalue weighted by molar-refractivity contribution is 0.226. The molecule has 1 heterocycles. The zero-order valence-electron chi connectivity index (χ0n) is 10.4. The fourth-order valence-electron chi connectivity index (χ4n) is 2.25. The van der Waals surface area contributed by atoms with Gasteiger partial charge in [0.2, 0.25) is 0 Å². The summed E-state index contributed by atoms with van der Waals surface area (Å²) >= 11 is 0. The Morgan fingerprint density at radius 2 is 2.18 bits per heavy atom.